The van der Waals surface area contributed by atoms with E-state index in [9.17, 15) is 9.67 Å². The molecule has 4 aromatic carbocycles. The van der Waals surface area contributed by atoms with Crippen molar-refractivity contribution >= 4 is 23.1 Å². The highest BCUT2D eigenvalue weighted by molar-refractivity contribution is 7.85. The first-order valence-corrected chi connectivity index (χ1v) is 10.5. The van der Waals surface area contributed by atoms with E-state index in [1.165, 1.54) is 0 Å². The van der Waals surface area contributed by atoms with Gasteiger partial charge in [0.25, 0.3) is 0 Å². The minimum atomic E-state index is -3.11. The molecule has 0 saturated carbocycles. The summed E-state index contributed by atoms with van der Waals surface area (Å²) < 4.78 is 14.6. The molecular weight excluding hydrogens is 351 g/mol. The van der Waals surface area contributed by atoms with Crippen LogP contribution in [-0.2, 0) is 4.57 Å². The van der Waals surface area contributed by atoms with Crippen LogP contribution in [0.3, 0.4) is 0 Å². The van der Waals surface area contributed by atoms with Crippen molar-refractivity contribution in [3.8, 4) is 16.9 Å². The van der Waals surface area contributed by atoms with Gasteiger partial charge in [-0.1, -0.05) is 103 Å². The van der Waals surface area contributed by atoms with Crippen molar-refractivity contribution in [2.24, 2.45) is 0 Å². The molecule has 27 heavy (non-hydrogen) atoms. The molecule has 3 heteroatoms. The van der Waals surface area contributed by atoms with Crippen molar-refractivity contribution < 1.29 is 9.67 Å². The van der Waals surface area contributed by atoms with Gasteiger partial charge in [-0.25, -0.2) is 0 Å². The Kier molecular flexibility index (Phi) is 4.66. The van der Waals surface area contributed by atoms with Gasteiger partial charge in [0.15, 0.2) is 7.14 Å². The summed E-state index contributed by atoms with van der Waals surface area (Å²) in [6.45, 7) is 0. The number of rotatable bonds is 4. The van der Waals surface area contributed by atoms with E-state index in [-0.39, 0.29) is 5.75 Å². The van der Waals surface area contributed by atoms with E-state index < -0.39 is 7.14 Å². The zero-order valence-electron chi connectivity index (χ0n) is 14.7. The lowest BCUT2D eigenvalue weighted by Crippen LogP contribution is -2.26. The number of phenolic OH excluding ortho intramolecular Hbond substituents is 1. The van der Waals surface area contributed by atoms with Crippen LogP contribution in [0.15, 0.2) is 109 Å². The average Bonchev–Trinajstić information content (AvgIpc) is 2.75. The fourth-order valence-corrected chi connectivity index (χ4v) is 6.25. The second kappa shape index (κ2) is 7.26. The van der Waals surface area contributed by atoms with Gasteiger partial charge < -0.3 is 9.67 Å². The SMILES string of the molecule is O=P(c1ccccc1)(c1ccccc1)c1ccccc1-c1ccccc1O. The van der Waals surface area contributed by atoms with E-state index in [0.29, 0.717) is 5.56 Å². The van der Waals surface area contributed by atoms with E-state index in [2.05, 4.69) is 0 Å². The molecule has 132 valence electrons. The smallest absolute Gasteiger partial charge is 0.171 e. The molecule has 0 fully saturated rings. The van der Waals surface area contributed by atoms with Crippen LogP contribution in [-0.4, -0.2) is 5.11 Å². The van der Waals surface area contributed by atoms with Crippen molar-refractivity contribution in [3.63, 3.8) is 0 Å². The molecule has 0 aliphatic carbocycles. The Morgan fingerprint density at radius 3 is 1.52 bits per heavy atom. The maximum absolute atomic E-state index is 14.6. The molecule has 0 aliphatic heterocycles. The zero-order valence-corrected chi connectivity index (χ0v) is 15.6. The number of benzene rings is 4. The number of hydrogen-bond acceptors (Lipinski definition) is 2. The normalized spacial score (nSPS) is 11.3. The van der Waals surface area contributed by atoms with Crippen molar-refractivity contribution in [1.82, 2.24) is 0 Å². The summed E-state index contributed by atoms with van der Waals surface area (Å²) in [5.41, 5.74) is 1.46. The van der Waals surface area contributed by atoms with Gasteiger partial charge in [0.05, 0.1) is 0 Å². The monoisotopic (exact) mass is 370 g/mol. The fraction of sp³-hybridized carbons (Fsp3) is 0. The first-order chi connectivity index (χ1) is 13.2. The molecule has 0 spiro atoms. The third-order valence-electron chi connectivity index (χ3n) is 4.68. The molecule has 0 heterocycles. The maximum atomic E-state index is 14.6. The van der Waals surface area contributed by atoms with Crippen LogP contribution in [0, 0.1) is 0 Å². The first kappa shape index (κ1) is 17.3. The zero-order chi connectivity index (χ0) is 18.7. The predicted molar refractivity (Wildman–Crippen MR) is 113 cm³/mol. The van der Waals surface area contributed by atoms with Gasteiger partial charge >= 0.3 is 0 Å². The molecule has 0 bridgehead atoms. The molecule has 0 aromatic heterocycles. The Morgan fingerprint density at radius 2 is 0.963 bits per heavy atom. The van der Waals surface area contributed by atoms with Crippen molar-refractivity contribution in [1.29, 1.82) is 0 Å². The largest absolute Gasteiger partial charge is 0.507 e. The van der Waals surface area contributed by atoms with Crippen LogP contribution < -0.4 is 15.9 Å². The summed E-state index contributed by atoms with van der Waals surface area (Å²) in [4.78, 5) is 0. The third kappa shape index (κ3) is 3.09. The van der Waals surface area contributed by atoms with E-state index >= 15 is 0 Å². The second-order valence-corrected chi connectivity index (χ2v) is 9.05. The van der Waals surface area contributed by atoms with E-state index in [1.54, 1.807) is 12.1 Å². The van der Waals surface area contributed by atoms with Crippen molar-refractivity contribution in [2.75, 3.05) is 0 Å². The lowest BCUT2D eigenvalue weighted by Gasteiger charge is -2.23. The summed E-state index contributed by atoms with van der Waals surface area (Å²) in [7, 11) is -3.11. The predicted octanol–water partition coefficient (Wildman–Crippen LogP) is 4.70. The van der Waals surface area contributed by atoms with Crippen molar-refractivity contribution in [3.05, 3.63) is 109 Å². The lowest BCUT2D eigenvalue weighted by atomic mass is 10.0. The van der Waals surface area contributed by atoms with Crippen LogP contribution >= 0.6 is 7.14 Å². The average molecular weight is 370 g/mol. The van der Waals surface area contributed by atoms with Crippen LogP contribution in [0.2, 0.25) is 0 Å². The Balaban J connectivity index is 2.05. The third-order valence-corrected chi connectivity index (χ3v) is 7.80. The number of phenols is 1. The highest BCUT2D eigenvalue weighted by Gasteiger charge is 2.32. The van der Waals surface area contributed by atoms with Gasteiger partial charge in [-0.05, 0) is 11.6 Å². The lowest BCUT2D eigenvalue weighted by molar-refractivity contribution is 0.477. The topological polar surface area (TPSA) is 37.3 Å². The van der Waals surface area contributed by atoms with Crippen LogP contribution in [0.25, 0.3) is 11.1 Å². The number of hydrogen-bond donors (Lipinski definition) is 1. The Morgan fingerprint density at radius 1 is 0.519 bits per heavy atom. The molecule has 1 N–H and O–H groups in total. The van der Waals surface area contributed by atoms with E-state index in [4.69, 9.17) is 0 Å². The van der Waals surface area contributed by atoms with Crippen LogP contribution in [0.1, 0.15) is 0 Å². The Labute approximate surface area is 159 Å². The van der Waals surface area contributed by atoms with E-state index in [0.717, 1.165) is 21.5 Å². The van der Waals surface area contributed by atoms with Crippen molar-refractivity contribution in [2.45, 2.75) is 0 Å². The highest BCUT2D eigenvalue weighted by Crippen LogP contribution is 2.46. The molecule has 0 radical (unpaired) electrons. The maximum Gasteiger partial charge on any atom is 0.171 e. The van der Waals surface area contributed by atoms with Crippen LogP contribution in [0.4, 0.5) is 0 Å². The molecule has 0 atom stereocenters. The first-order valence-electron chi connectivity index (χ1n) is 8.80. The summed E-state index contributed by atoms with van der Waals surface area (Å²) in [5, 5.41) is 12.7. The second-order valence-electron chi connectivity index (χ2n) is 6.31. The molecule has 0 amide bonds. The number of aromatic hydroxyl groups is 1. The molecular formula is C24H19O2P. The highest BCUT2D eigenvalue weighted by atomic mass is 31.2. The molecule has 0 unspecified atom stereocenters. The Bertz CT molecular complexity index is 1060. The standard InChI is InChI=1S/C24H19O2P/c25-23-17-9-7-15-21(23)22-16-8-10-18-24(22)27(26,19-11-3-1-4-12-19)20-13-5-2-6-14-20/h1-18,25H. The molecule has 2 nitrogen and oxygen atoms in total. The van der Waals surface area contributed by atoms with Gasteiger partial charge in [-0.3, -0.25) is 0 Å². The summed E-state index contributed by atoms with van der Waals surface area (Å²) in [5.74, 6) is 0.178. The minimum absolute atomic E-state index is 0.178. The molecule has 4 aromatic rings. The van der Waals surface area contributed by atoms with Gasteiger partial charge in [-0.2, -0.15) is 0 Å². The summed E-state index contributed by atoms with van der Waals surface area (Å²) >= 11 is 0. The minimum Gasteiger partial charge on any atom is -0.507 e. The van der Waals surface area contributed by atoms with E-state index in [1.807, 2.05) is 97.1 Å². The quantitative estimate of drug-likeness (QED) is 0.529. The van der Waals surface area contributed by atoms with Gasteiger partial charge in [0, 0.05) is 21.5 Å². The van der Waals surface area contributed by atoms with Crippen LogP contribution in [0.5, 0.6) is 5.75 Å². The van der Waals surface area contributed by atoms with Gasteiger partial charge in [-0.15, -0.1) is 0 Å². The van der Waals surface area contributed by atoms with Gasteiger partial charge in [0.2, 0.25) is 0 Å². The molecule has 0 aliphatic rings. The molecule has 4 rings (SSSR count). The summed E-state index contributed by atoms with van der Waals surface area (Å²) in [6, 6.07) is 33.9. The number of para-hydroxylation sites is 1. The van der Waals surface area contributed by atoms with Gasteiger partial charge in [0.1, 0.15) is 5.75 Å². The fourth-order valence-electron chi connectivity index (χ4n) is 3.38. The molecule has 0 saturated heterocycles. The summed E-state index contributed by atoms with van der Waals surface area (Å²) in [6.07, 6.45) is 0. The Hall–Kier alpha value is -3.09.